The molecule has 5 unspecified atom stereocenters. The third-order valence-electron chi connectivity index (χ3n) is 4.54. The minimum atomic E-state index is -0.749. The predicted octanol–water partition coefficient (Wildman–Crippen LogP) is 0.264. The molecular formula is C12H18N2O3S. The van der Waals surface area contributed by atoms with Gasteiger partial charge in [-0.2, -0.15) is 0 Å². The molecule has 100 valence electrons. The third-order valence-corrected chi connectivity index (χ3v) is 5.48. The molecule has 0 aromatic carbocycles. The molecule has 5 atom stereocenters. The van der Waals surface area contributed by atoms with Crippen molar-refractivity contribution in [1.29, 1.82) is 0 Å². The minimum Gasteiger partial charge on any atom is -0.481 e. The maximum atomic E-state index is 12.1. The van der Waals surface area contributed by atoms with E-state index in [2.05, 4.69) is 10.6 Å². The van der Waals surface area contributed by atoms with Crippen molar-refractivity contribution in [2.24, 2.45) is 17.8 Å². The van der Waals surface area contributed by atoms with Crippen LogP contribution in [0, 0.1) is 17.8 Å². The van der Waals surface area contributed by atoms with Crippen molar-refractivity contribution in [2.75, 3.05) is 11.6 Å². The maximum absolute atomic E-state index is 12.1. The molecule has 0 radical (unpaired) electrons. The molecule has 1 heterocycles. The van der Waals surface area contributed by atoms with Crippen molar-refractivity contribution in [3.05, 3.63) is 0 Å². The molecule has 18 heavy (non-hydrogen) atoms. The Hall–Kier alpha value is -0.750. The molecular weight excluding hydrogens is 252 g/mol. The molecule has 3 fully saturated rings. The zero-order chi connectivity index (χ0) is 12.7. The number of nitrogens with one attached hydrogen (secondary N) is 2. The highest BCUT2D eigenvalue weighted by atomic mass is 32.2. The zero-order valence-corrected chi connectivity index (χ0v) is 10.9. The Morgan fingerprint density at radius 3 is 2.72 bits per heavy atom. The minimum absolute atomic E-state index is 0.0243. The molecule has 2 aliphatic carbocycles. The lowest BCUT2D eigenvalue weighted by Crippen LogP contribution is -2.52. The van der Waals surface area contributed by atoms with Gasteiger partial charge in [0.25, 0.3) is 0 Å². The van der Waals surface area contributed by atoms with Crippen LogP contribution in [-0.2, 0) is 9.59 Å². The monoisotopic (exact) mass is 270 g/mol. The van der Waals surface area contributed by atoms with Gasteiger partial charge in [-0.15, -0.1) is 11.8 Å². The van der Waals surface area contributed by atoms with Crippen LogP contribution in [0.15, 0.2) is 0 Å². The predicted molar refractivity (Wildman–Crippen MR) is 68.1 cm³/mol. The first-order chi connectivity index (χ1) is 8.66. The van der Waals surface area contributed by atoms with Crippen LogP contribution in [0.25, 0.3) is 0 Å². The van der Waals surface area contributed by atoms with Crippen LogP contribution in [0.3, 0.4) is 0 Å². The lowest BCUT2D eigenvalue weighted by Gasteiger charge is -2.29. The fourth-order valence-electron chi connectivity index (χ4n) is 3.68. The fraction of sp³-hybridized carbons (Fsp3) is 0.833. The first-order valence-corrected chi connectivity index (χ1v) is 7.66. The lowest BCUT2D eigenvalue weighted by atomic mass is 9.84. The van der Waals surface area contributed by atoms with Crippen molar-refractivity contribution in [1.82, 2.24) is 10.6 Å². The largest absolute Gasteiger partial charge is 0.481 e. The van der Waals surface area contributed by atoms with E-state index in [9.17, 15) is 14.7 Å². The van der Waals surface area contributed by atoms with Crippen molar-refractivity contribution in [3.63, 3.8) is 0 Å². The standard InChI is InChI=1S/C12H18N2O3S/c15-11(8-4-18-5-13-8)14-10-7-2-1-6(3-7)9(10)12(16)17/h6-10,13H,1-5H2,(H,14,15)(H,16,17). The molecule has 1 aliphatic heterocycles. The Balaban J connectivity index is 1.67. The number of thioether (sulfide) groups is 1. The molecule has 5 nitrogen and oxygen atoms in total. The number of hydrogen-bond acceptors (Lipinski definition) is 4. The zero-order valence-electron chi connectivity index (χ0n) is 10.1. The average Bonchev–Trinajstić information content (AvgIpc) is 3.05. The van der Waals surface area contributed by atoms with Crippen molar-refractivity contribution < 1.29 is 14.7 Å². The third kappa shape index (κ3) is 2.01. The summed E-state index contributed by atoms with van der Waals surface area (Å²) < 4.78 is 0. The highest BCUT2D eigenvalue weighted by Crippen LogP contribution is 2.48. The van der Waals surface area contributed by atoms with Gasteiger partial charge in [0.1, 0.15) is 0 Å². The number of carbonyl (C=O) groups excluding carboxylic acids is 1. The first-order valence-electron chi connectivity index (χ1n) is 6.51. The second kappa shape index (κ2) is 4.74. The van der Waals surface area contributed by atoms with Crippen LogP contribution in [0.4, 0.5) is 0 Å². The van der Waals surface area contributed by atoms with Crippen LogP contribution in [-0.4, -0.2) is 40.7 Å². The Morgan fingerprint density at radius 2 is 2.06 bits per heavy atom. The van der Waals surface area contributed by atoms with Gasteiger partial charge >= 0.3 is 5.97 Å². The summed E-state index contributed by atoms with van der Waals surface area (Å²) in [6.07, 6.45) is 3.03. The van der Waals surface area contributed by atoms with E-state index < -0.39 is 5.97 Å². The fourth-order valence-corrected chi connectivity index (χ4v) is 4.62. The van der Waals surface area contributed by atoms with Crippen molar-refractivity contribution in [2.45, 2.75) is 31.3 Å². The number of carboxylic acids is 1. The van der Waals surface area contributed by atoms with Gasteiger partial charge in [0, 0.05) is 17.7 Å². The maximum Gasteiger partial charge on any atom is 0.308 e. The molecule has 3 aliphatic rings. The molecule has 6 heteroatoms. The summed E-state index contributed by atoms with van der Waals surface area (Å²) in [5, 5.41) is 15.4. The summed E-state index contributed by atoms with van der Waals surface area (Å²) >= 11 is 1.70. The highest BCUT2D eigenvalue weighted by molar-refractivity contribution is 7.99. The molecule has 2 saturated carbocycles. The van der Waals surface area contributed by atoms with Gasteiger partial charge in [0.2, 0.25) is 5.91 Å². The molecule has 0 aromatic heterocycles. The molecule has 3 N–H and O–H groups in total. The summed E-state index contributed by atoms with van der Waals surface area (Å²) in [5.41, 5.74) is 0. The summed E-state index contributed by atoms with van der Waals surface area (Å²) in [6, 6.07) is -0.301. The SMILES string of the molecule is O=C(NC1C2CCC(C2)C1C(=O)O)C1CSCN1. The summed E-state index contributed by atoms with van der Waals surface area (Å²) in [4.78, 5) is 23.4. The highest BCUT2D eigenvalue weighted by Gasteiger charge is 2.51. The quantitative estimate of drug-likeness (QED) is 0.686. The molecule has 1 saturated heterocycles. The molecule has 2 bridgehead atoms. The number of fused-ring (bicyclic) bond motifs is 2. The van der Waals surface area contributed by atoms with E-state index in [1.165, 1.54) is 0 Å². The van der Waals surface area contributed by atoms with E-state index in [1.807, 2.05) is 0 Å². The van der Waals surface area contributed by atoms with Gasteiger partial charge < -0.3 is 10.4 Å². The van der Waals surface area contributed by atoms with E-state index in [4.69, 9.17) is 0 Å². The molecule has 3 rings (SSSR count). The average molecular weight is 270 g/mol. The number of carboxylic acid groups (broad SMARTS) is 1. The molecule has 0 aromatic rings. The van der Waals surface area contributed by atoms with E-state index >= 15 is 0 Å². The van der Waals surface area contributed by atoms with Crippen molar-refractivity contribution >= 4 is 23.6 Å². The summed E-state index contributed by atoms with van der Waals surface area (Å²) in [7, 11) is 0. The van der Waals surface area contributed by atoms with E-state index in [-0.39, 0.29) is 29.8 Å². The topological polar surface area (TPSA) is 78.4 Å². The van der Waals surface area contributed by atoms with Crippen LogP contribution in [0.2, 0.25) is 0 Å². The lowest BCUT2D eigenvalue weighted by molar-refractivity contribution is -0.144. The van der Waals surface area contributed by atoms with Crippen LogP contribution < -0.4 is 10.6 Å². The van der Waals surface area contributed by atoms with Gasteiger partial charge in [0.05, 0.1) is 12.0 Å². The van der Waals surface area contributed by atoms with Gasteiger partial charge in [-0.3, -0.25) is 14.9 Å². The Kier molecular flexibility index (Phi) is 3.23. The number of rotatable bonds is 3. The van der Waals surface area contributed by atoms with Gasteiger partial charge in [0.15, 0.2) is 0 Å². The second-order valence-corrected chi connectivity index (χ2v) is 6.53. The van der Waals surface area contributed by atoms with Crippen LogP contribution >= 0.6 is 11.8 Å². The molecule has 0 spiro atoms. The number of carbonyl (C=O) groups is 2. The molecule has 1 amide bonds. The second-order valence-electron chi connectivity index (χ2n) is 5.50. The smallest absolute Gasteiger partial charge is 0.308 e. The van der Waals surface area contributed by atoms with Crippen LogP contribution in [0.5, 0.6) is 0 Å². The summed E-state index contributed by atoms with van der Waals surface area (Å²) in [6.45, 7) is 0. The van der Waals surface area contributed by atoms with Gasteiger partial charge in [-0.25, -0.2) is 0 Å². The van der Waals surface area contributed by atoms with Crippen LogP contribution in [0.1, 0.15) is 19.3 Å². The summed E-state index contributed by atoms with van der Waals surface area (Å²) in [5.74, 6) is 1.08. The van der Waals surface area contributed by atoms with Gasteiger partial charge in [-0.05, 0) is 31.1 Å². The normalized spacial score (nSPS) is 42.1. The Morgan fingerprint density at radius 1 is 1.28 bits per heavy atom. The Labute approximate surface area is 110 Å². The number of amides is 1. The first kappa shape index (κ1) is 12.3. The number of hydrogen-bond donors (Lipinski definition) is 3. The van der Waals surface area contributed by atoms with E-state index in [1.54, 1.807) is 11.8 Å². The van der Waals surface area contributed by atoms with E-state index in [0.717, 1.165) is 30.9 Å². The van der Waals surface area contributed by atoms with Gasteiger partial charge in [-0.1, -0.05) is 0 Å². The Bertz CT molecular complexity index is 370. The number of aliphatic carboxylic acids is 1. The van der Waals surface area contributed by atoms with Crippen molar-refractivity contribution in [3.8, 4) is 0 Å². The van der Waals surface area contributed by atoms with E-state index in [0.29, 0.717) is 5.92 Å².